The van der Waals surface area contributed by atoms with E-state index < -0.39 is 12.0 Å². The minimum absolute atomic E-state index is 0.178. The predicted octanol–water partition coefficient (Wildman–Crippen LogP) is 5.44. The van der Waals surface area contributed by atoms with Gasteiger partial charge in [0.15, 0.2) is 0 Å². The molecule has 190 valence electrons. The summed E-state index contributed by atoms with van der Waals surface area (Å²) in [5.74, 6) is 0.446. The van der Waals surface area contributed by atoms with Crippen LogP contribution in [0.5, 0.6) is 11.6 Å². The van der Waals surface area contributed by atoms with E-state index in [9.17, 15) is 18.4 Å². The van der Waals surface area contributed by atoms with Crippen LogP contribution in [0.2, 0.25) is 0 Å². The number of piperazine rings is 1. The second-order valence-corrected chi connectivity index (χ2v) is 9.66. The molecule has 2 aromatic heterocycles. The van der Waals surface area contributed by atoms with Gasteiger partial charge in [0.1, 0.15) is 17.0 Å². The maximum Gasteiger partial charge on any atom is 0.410 e. The molecule has 4 rings (SSSR count). The number of alkyl halides is 2. The number of carbonyl (C=O) groups excluding carboxylic acids is 2. The van der Waals surface area contributed by atoms with Crippen LogP contribution in [0, 0.1) is 0 Å². The van der Waals surface area contributed by atoms with Crippen LogP contribution in [0.4, 0.5) is 13.6 Å². The number of ether oxygens (including phenoxy) is 2. The smallest absolute Gasteiger partial charge is 0.410 e. The summed E-state index contributed by atoms with van der Waals surface area (Å²) < 4.78 is 36.5. The number of nitrogens with zero attached hydrogens (tertiary/aromatic N) is 4. The monoisotopic (exact) mass is 498 g/mol. The summed E-state index contributed by atoms with van der Waals surface area (Å²) in [4.78, 5) is 37.3. The molecule has 8 nitrogen and oxygen atoms in total. The van der Waals surface area contributed by atoms with E-state index in [1.165, 1.54) is 12.1 Å². The highest BCUT2D eigenvalue weighted by Gasteiger charge is 2.33. The van der Waals surface area contributed by atoms with Crippen molar-refractivity contribution in [3.05, 3.63) is 59.9 Å². The lowest BCUT2D eigenvalue weighted by Crippen LogP contribution is -2.56. The zero-order chi connectivity index (χ0) is 26.0. The third kappa shape index (κ3) is 5.87. The van der Waals surface area contributed by atoms with E-state index in [0.717, 1.165) is 11.6 Å². The molecule has 1 atom stereocenters. The van der Waals surface area contributed by atoms with Gasteiger partial charge in [-0.15, -0.1) is 0 Å². The lowest BCUT2D eigenvalue weighted by Gasteiger charge is -2.40. The number of amides is 2. The normalized spacial score (nSPS) is 16.4. The van der Waals surface area contributed by atoms with Crippen LogP contribution in [-0.2, 0) is 4.74 Å². The summed E-state index contributed by atoms with van der Waals surface area (Å²) in [6.07, 6.45) is -1.90. The molecule has 3 aromatic rings. The Balaban J connectivity index is 1.42. The molecule has 0 saturated carbocycles. The van der Waals surface area contributed by atoms with Crippen LogP contribution in [0.3, 0.4) is 0 Å². The molecule has 0 N–H and O–H groups in total. The van der Waals surface area contributed by atoms with Gasteiger partial charge in [-0.1, -0.05) is 6.07 Å². The minimum Gasteiger partial charge on any atom is -0.444 e. The van der Waals surface area contributed by atoms with Crippen LogP contribution in [0.25, 0.3) is 10.9 Å². The van der Waals surface area contributed by atoms with Gasteiger partial charge >= 0.3 is 6.09 Å². The number of hydrogen-bond donors (Lipinski definition) is 0. The molecule has 0 bridgehead atoms. The molecular weight excluding hydrogens is 470 g/mol. The molecule has 1 saturated heterocycles. The Morgan fingerprint density at radius 3 is 2.50 bits per heavy atom. The van der Waals surface area contributed by atoms with Crippen molar-refractivity contribution >= 4 is 22.9 Å². The average Bonchev–Trinajstić information content (AvgIpc) is 2.82. The first-order chi connectivity index (χ1) is 17.0. The van der Waals surface area contributed by atoms with Gasteiger partial charge in [-0.2, -0.15) is 0 Å². The number of aromatic nitrogens is 2. The topological polar surface area (TPSA) is 84.9 Å². The Kier molecular flexibility index (Phi) is 7.05. The Labute approximate surface area is 207 Å². The summed E-state index contributed by atoms with van der Waals surface area (Å²) >= 11 is 0. The van der Waals surface area contributed by atoms with Gasteiger partial charge in [0.05, 0.1) is 5.52 Å². The van der Waals surface area contributed by atoms with Crippen LogP contribution >= 0.6 is 0 Å². The molecule has 1 fully saturated rings. The van der Waals surface area contributed by atoms with Gasteiger partial charge in [-0.05, 0) is 58.0 Å². The van der Waals surface area contributed by atoms with Crippen molar-refractivity contribution in [2.45, 2.75) is 45.8 Å². The molecule has 2 amide bonds. The van der Waals surface area contributed by atoms with Gasteiger partial charge in [0, 0.05) is 48.9 Å². The summed E-state index contributed by atoms with van der Waals surface area (Å²) in [6.45, 7) is 8.48. The molecule has 1 aliphatic heterocycles. The van der Waals surface area contributed by atoms with Crippen molar-refractivity contribution < 1.29 is 27.8 Å². The predicted molar refractivity (Wildman–Crippen MR) is 129 cm³/mol. The molecule has 0 aliphatic carbocycles. The molecule has 10 heteroatoms. The van der Waals surface area contributed by atoms with E-state index in [1.807, 2.05) is 27.7 Å². The van der Waals surface area contributed by atoms with E-state index in [-0.39, 0.29) is 29.5 Å². The molecule has 3 heterocycles. The number of benzene rings is 1. The van der Waals surface area contributed by atoms with Crippen LogP contribution in [0.15, 0.2) is 48.7 Å². The quantitative estimate of drug-likeness (QED) is 0.476. The molecule has 1 aromatic carbocycles. The zero-order valence-electron chi connectivity index (χ0n) is 20.6. The van der Waals surface area contributed by atoms with Gasteiger partial charge < -0.3 is 19.3 Å². The molecule has 1 aliphatic rings. The number of fused-ring (bicyclic) bond motifs is 1. The Morgan fingerprint density at radius 2 is 1.86 bits per heavy atom. The summed E-state index contributed by atoms with van der Waals surface area (Å²) in [5.41, 5.74) is 0.148. The first-order valence-corrected chi connectivity index (χ1v) is 11.6. The third-order valence-electron chi connectivity index (χ3n) is 5.66. The molecule has 0 unspecified atom stereocenters. The standard InChI is InChI=1S/C26H28F2N4O4/c1-16-15-31(11-12-32(16)25(34)36-26(2,3)4)24(33)21-8-5-17-13-19(7-9-20(17)30-21)35-22-10-6-18(14-29-22)23(27)28/h5-10,13-14,16,23H,11-12,15H2,1-4H3/t16-/m1/s1. The van der Waals surface area contributed by atoms with Crippen molar-refractivity contribution in [3.8, 4) is 11.6 Å². The molecular formula is C26H28F2N4O4. The summed E-state index contributed by atoms with van der Waals surface area (Å²) in [7, 11) is 0. The van der Waals surface area contributed by atoms with Crippen molar-refractivity contribution in [2.24, 2.45) is 0 Å². The second-order valence-electron chi connectivity index (χ2n) is 9.66. The van der Waals surface area contributed by atoms with Crippen molar-refractivity contribution in [1.29, 1.82) is 0 Å². The SMILES string of the molecule is C[C@@H]1CN(C(=O)c2ccc3cc(Oc4ccc(C(F)F)cn4)ccc3n2)CCN1C(=O)OC(C)(C)C. The van der Waals surface area contributed by atoms with Crippen LogP contribution < -0.4 is 4.74 Å². The number of hydrogen-bond acceptors (Lipinski definition) is 6. The van der Waals surface area contributed by atoms with E-state index in [2.05, 4.69) is 9.97 Å². The third-order valence-corrected chi connectivity index (χ3v) is 5.66. The van der Waals surface area contributed by atoms with Gasteiger partial charge in [-0.3, -0.25) is 4.79 Å². The fourth-order valence-corrected chi connectivity index (χ4v) is 3.88. The van der Waals surface area contributed by atoms with E-state index >= 15 is 0 Å². The van der Waals surface area contributed by atoms with E-state index in [4.69, 9.17) is 9.47 Å². The van der Waals surface area contributed by atoms with Gasteiger partial charge in [0.2, 0.25) is 5.88 Å². The van der Waals surface area contributed by atoms with E-state index in [1.54, 1.807) is 40.1 Å². The molecule has 36 heavy (non-hydrogen) atoms. The minimum atomic E-state index is -2.59. The van der Waals surface area contributed by atoms with Gasteiger partial charge in [-0.25, -0.2) is 23.5 Å². The second kappa shape index (κ2) is 10.0. The van der Waals surface area contributed by atoms with Crippen molar-refractivity contribution in [1.82, 2.24) is 19.8 Å². The van der Waals surface area contributed by atoms with Crippen molar-refractivity contribution in [2.75, 3.05) is 19.6 Å². The number of rotatable bonds is 4. The van der Waals surface area contributed by atoms with E-state index in [0.29, 0.717) is 36.6 Å². The lowest BCUT2D eigenvalue weighted by atomic mass is 10.1. The van der Waals surface area contributed by atoms with Crippen LogP contribution in [0.1, 0.15) is 50.2 Å². The Morgan fingerprint density at radius 1 is 1.08 bits per heavy atom. The highest BCUT2D eigenvalue weighted by molar-refractivity contribution is 5.95. The largest absolute Gasteiger partial charge is 0.444 e. The average molecular weight is 499 g/mol. The van der Waals surface area contributed by atoms with Gasteiger partial charge in [0.25, 0.3) is 12.3 Å². The maximum atomic E-state index is 13.1. The lowest BCUT2D eigenvalue weighted by molar-refractivity contribution is 0.00190. The number of halogens is 2. The Hall–Kier alpha value is -3.82. The fraction of sp³-hybridized carbons (Fsp3) is 0.385. The molecule has 0 spiro atoms. The Bertz CT molecular complexity index is 1260. The first-order valence-electron chi connectivity index (χ1n) is 11.6. The van der Waals surface area contributed by atoms with Crippen molar-refractivity contribution in [3.63, 3.8) is 0 Å². The number of carbonyl (C=O) groups is 2. The molecule has 0 radical (unpaired) electrons. The fourth-order valence-electron chi connectivity index (χ4n) is 3.88. The highest BCUT2D eigenvalue weighted by Crippen LogP contribution is 2.26. The summed E-state index contributed by atoms with van der Waals surface area (Å²) in [5, 5.41) is 0.747. The maximum absolute atomic E-state index is 13.1. The highest BCUT2D eigenvalue weighted by atomic mass is 19.3. The summed E-state index contributed by atoms with van der Waals surface area (Å²) in [6, 6.07) is 11.0. The number of pyridine rings is 2. The van der Waals surface area contributed by atoms with Crippen LogP contribution in [-0.4, -0.2) is 63.0 Å². The first kappa shape index (κ1) is 25.3. The zero-order valence-corrected chi connectivity index (χ0v) is 20.6.